The molecule has 0 bridgehead atoms. The first-order valence-electron chi connectivity index (χ1n) is 6.70. The van der Waals surface area contributed by atoms with E-state index in [0.717, 1.165) is 5.56 Å². The Labute approximate surface area is 121 Å². The van der Waals surface area contributed by atoms with Gasteiger partial charge in [-0.3, -0.25) is 9.78 Å². The van der Waals surface area contributed by atoms with Gasteiger partial charge in [-0.1, -0.05) is 12.1 Å². The molecule has 21 heavy (non-hydrogen) atoms. The molecule has 2 unspecified atom stereocenters. The molecule has 1 aromatic carbocycles. The van der Waals surface area contributed by atoms with E-state index in [9.17, 15) is 9.18 Å². The number of rotatable bonds is 3. The highest BCUT2D eigenvalue weighted by Crippen LogP contribution is 2.23. The summed E-state index contributed by atoms with van der Waals surface area (Å²) >= 11 is 0. The van der Waals surface area contributed by atoms with Crippen molar-refractivity contribution in [3.05, 3.63) is 60.2 Å². The van der Waals surface area contributed by atoms with Crippen molar-refractivity contribution in [3.63, 3.8) is 0 Å². The molecule has 1 amide bonds. The molecule has 1 saturated heterocycles. The van der Waals surface area contributed by atoms with Crippen molar-refractivity contribution >= 4 is 11.6 Å². The average molecular weight is 286 g/mol. The van der Waals surface area contributed by atoms with Crippen molar-refractivity contribution in [2.24, 2.45) is 0 Å². The lowest BCUT2D eigenvalue weighted by atomic mass is 10.0. The minimum Gasteiger partial charge on any atom is -0.325 e. The minimum atomic E-state index is -0.340. The predicted molar refractivity (Wildman–Crippen MR) is 76.7 cm³/mol. The van der Waals surface area contributed by atoms with Gasteiger partial charge in [-0.25, -0.2) is 15.2 Å². The Morgan fingerprint density at radius 2 is 1.86 bits per heavy atom. The molecule has 0 radical (unpaired) electrons. The number of hydrogen-bond acceptors (Lipinski definition) is 4. The van der Waals surface area contributed by atoms with Gasteiger partial charge in [0.15, 0.2) is 0 Å². The summed E-state index contributed by atoms with van der Waals surface area (Å²) in [4.78, 5) is 16.1. The van der Waals surface area contributed by atoms with Gasteiger partial charge >= 0.3 is 0 Å². The van der Waals surface area contributed by atoms with Crippen LogP contribution in [0, 0.1) is 5.82 Å². The number of hydrazine groups is 1. The predicted octanol–water partition coefficient (Wildman–Crippen LogP) is 1.77. The number of carbonyl (C=O) groups excluding carboxylic acids is 1. The molecular weight excluding hydrogens is 271 g/mol. The molecule has 1 fully saturated rings. The van der Waals surface area contributed by atoms with E-state index in [-0.39, 0.29) is 23.8 Å². The Kier molecular flexibility index (Phi) is 3.89. The second-order valence-electron chi connectivity index (χ2n) is 4.91. The standard InChI is InChI=1S/C15H15FN4O/c16-11-3-1-10(2-4-11)13-9-14(20-19-13)15(21)18-12-5-7-17-8-6-12/h1-8,13-14,19-20H,9H2,(H,17,18,21). The van der Waals surface area contributed by atoms with Gasteiger partial charge in [0.05, 0.1) is 0 Å². The zero-order valence-corrected chi connectivity index (χ0v) is 11.2. The Hall–Kier alpha value is -2.31. The number of halogens is 1. The summed E-state index contributed by atoms with van der Waals surface area (Å²) in [5, 5.41) is 2.82. The summed E-state index contributed by atoms with van der Waals surface area (Å²) in [7, 11) is 0. The second-order valence-corrected chi connectivity index (χ2v) is 4.91. The maximum atomic E-state index is 12.9. The molecule has 1 aromatic heterocycles. The monoisotopic (exact) mass is 286 g/mol. The Balaban J connectivity index is 1.61. The van der Waals surface area contributed by atoms with Crippen LogP contribution in [0.3, 0.4) is 0 Å². The molecule has 3 N–H and O–H groups in total. The van der Waals surface area contributed by atoms with Gasteiger partial charge in [0.25, 0.3) is 0 Å². The summed E-state index contributed by atoms with van der Waals surface area (Å²) in [5.41, 5.74) is 7.69. The Morgan fingerprint density at radius 1 is 1.14 bits per heavy atom. The summed E-state index contributed by atoms with van der Waals surface area (Å²) in [6.07, 6.45) is 3.84. The molecule has 6 heteroatoms. The lowest BCUT2D eigenvalue weighted by molar-refractivity contribution is -0.117. The minimum absolute atomic E-state index is 0.0150. The van der Waals surface area contributed by atoms with Crippen molar-refractivity contribution in [1.29, 1.82) is 0 Å². The molecule has 2 aromatic rings. The fourth-order valence-corrected chi connectivity index (χ4v) is 2.31. The molecular formula is C15H15FN4O. The van der Waals surface area contributed by atoms with Crippen molar-refractivity contribution < 1.29 is 9.18 Å². The zero-order chi connectivity index (χ0) is 14.7. The van der Waals surface area contributed by atoms with Crippen LogP contribution in [0.15, 0.2) is 48.8 Å². The molecule has 2 atom stereocenters. The molecule has 3 rings (SSSR count). The summed E-state index contributed by atoms with van der Waals surface area (Å²) in [6.45, 7) is 0. The fraction of sp³-hybridized carbons (Fsp3) is 0.200. The van der Waals surface area contributed by atoms with Crippen LogP contribution in [-0.4, -0.2) is 16.9 Å². The number of benzene rings is 1. The van der Waals surface area contributed by atoms with Gasteiger partial charge in [-0.05, 0) is 36.2 Å². The van der Waals surface area contributed by atoms with Crippen molar-refractivity contribution in [2.75, 3.05) is 5.32 Å². The highest BCUT2D eigenvalue weighted by molar-refractivity contribution is 5.94. The van der Waals surface area contributed by atoms with E-state index in [1.54, 1.807) is 36.7 Å². The largest absolute Gasteiger partial charge is 0.325 e. The lowest BCUT2D eigenvalue weighted by Gasteiger charge is -2.10. The third-order valence-corrected chi connectivity index (χ3v) is 3.44. The molecule has 0 spiro atoms. The molecule has 0 aliphatic carbocycles. The molecule has 0 saturated carbocycles. The van der Waals surface area contributed by atoms with E-state index in [2.05, 4.69) is 21.2 Å². The number of nitrogens with zero attached hydrogens (tertiary/aromatic N) is 1. The first-order valence-corrected chi connectivity index (χ1v) is 6.70. The number of nitrogens with one attached hydrogen (secondary N) is 3. The van der Waals surface area contributed by atoms with Gasteiger partial charge in [0.2, 0.25) is 5.91 Å². The molecule has 108 valence electrons. The van der Waals surface area contributed by atoms with Gasteiger partial charge in [0, 0.05) is 24.1 Å². The summed E-state index contributed by atoms with van der Waals surface area (Å²) in [6, 6.07) is 9.39. The molecule has 2 heterocycles. The van der Waals surface area contributed by atoms with E-state index < -0.39 is 0 Å². The van der Waals surface area contributed by atoms with Crippen LogP contribution >= 0.6 is 0 Å². The first kappa shape index (κ1) is 13.7. The number of pyridine rings is 1. The van der Waals surface area contributed by atoms with Crippen LogP contribution in [0.1, 0.15) is 18.0 Å². The number of carbonyl (C=O) groups is 1. The number of aromatic nitrogens is 1. The molecule has 1 aliphatic heterocycles. The van der Waals surface area contributed by atoms with Crippen molar-refractivity contribution in [3.8, 4) is 0 Å². The second kappa shape index (κ2) is 5.99. The first-order chi connectivity index (χ1) is 10.2. The van der Waals surface area contributed by atoms with Gasteiger partial charge in [-0.15, -0.1) is 0 Å². The smallest absolute Gasteiger partial charge is 0.242 e. The maximum absolute atomic E-state index is 12.9. The topological polar surface area (TPSA) is 66.0 Å². The van der Waals surface area contributed by atoms with E-state index in [1.807, 2.05) is 0 Å². The number of amides is 1. The van der Waals surface area contributed by atoms with E-state index in [4.69, 9.17) is 0 Å². The highest BCUT2D eigenvalue weighted by atomic mass is 19.1. The summed E-state index contributed by atoms with van der Waals surface area (Å²) < 4.78 is 12.9. The maximum Gasteiger partial charge on any atom is 0.242 e. The molecule has 1 aliphatic rings. The SMILES string of the molecule is O=C(Nc1ccncc1)C1CC(c2ccc(F)cc2)NN1. The van der Waals surface area contributed by atoms with E-state index >= 15 is 0 Å². The summed E-state index contributed by atoms with van der Waals surface area (Å²) in [5.74, 6) is -0.380. The van der Waals surface area contributed by atoms with Crippen molar-refractivity contribution in [1.82, 2.24) is 15.8 Å². The van der Waals surface area contributed by atoms with Crippen LogP contribution in [0.4, 0.5) is 10.1 Å². The fourth-order valence-electron chi connectivity index (χ4n) is 2.31. The van der Waals surface area contributed by atoms with Gasteiger partial charge < -0.3 is 5.32 Å². The lowest BCUT2D eigenvalue weighted by Crippen LogP contribution is -2.39. The zero-order valence-electron chi connectivity index (χ0n) is 11.2. The van der Waals surface area contributed by atoms with Gasteiger partial charge in [-0.2, -0.15) is 0 Å². The Bertz CT molecular complexity index is 617. The van der Waals surface area contributed by atoms with Gasteiger partial charge in [0.1, 0.15) is 11.9 Å². The third-order valence-electron chi connectivity index (χ3n) is 3.44. The van der Waals surface area contributed by atoms with E-state index in [0.29, 0.717) is 12.1 Å². The number of hydrogen-bond donors (Lipinski definition) is 3. The van der Waals surface area contributed by atoms with Crippen LogP contribution in [0.25, 0.3) is 0 Å². The number of anilines is 1. The van der Waals surface area contributed by atoms with E-state index in [1.165, 1.54) is 12.1 Å². The van der Waals surface area contributed by atoms with Crippen LogP contribution in [0.5, 0.6) is 0 Å². The average Bonchev–Trinajstić information content (AvgIpc) is 2.99. The molecule has 5 nitrogen and oxygen atoms in total. The Morgan fingerprint density at radius 3 is 2.57 bits per heavy atom. The normalized spacial score (nSPS) is 21.2. The van der Waals surface area contributed by atoms with Crippen LogP contribution < -0.4 is 16.2 Å². The highest BCUT2D eigenvalue weighted by Gasteiger charge is 2.30. The van der Waals surface area contributed by atoms with Crippen LogP contribution in [-0.2, 0) is 4.79 Å². The van der Waals surface area contributed by atoms with Crippen molar-refractivity contribution in [2.45, 2.75) is 18.5 Å². The third kappa shape index (κ3) is 3.24. The van der Waals surface area contributed by atoms with Crippen LogP contribution in [0.2, 0.25) is 0 Å². The quantitative estimate of drug-likeness (QED) is 0.804.